The molecule has 0 atom stereocenters. The number of ether oxygens (including phenoxy) is 1. The zero-order chi connectivity index (χ0) is 21.5. The normalized spacial score (nSPS) is 14.3. The van der Waals surface area contributed by atoms with Crippen molar-refractivity contribution in [1.82, 2.24) is 10.2 Å². The molecule has 30 heavy (non-hydrogen) atoms. The maximum Gasteiger partial charge on any atom is 0.291 e. The molecule has 158 valence electrons. The predicted molar refractivity (Wildman–Crippen MR) is 120 cm³/mol. The average molecular weight is 428 g/mol. The fraction of sp³-hybridized carbons (Fsp3) is 0.304. The van der Waals surface area contributed by atoms with Crippen LogP contribution in [-0.2, 0) is 4.79 Å². The molecule has 2 amide bonds. The number of nitrogens with zero attached hydrogens (tertiary/aromatic N) is 1. The number of benzene rings is 2. The second-order valence-corrected chi connectivity index (χ2v) is 7.40. The fourth-order valence-corrected chi connectivity index (χ4v) is 3.39. The lowest BCUT2D eigenvalue weighted by atomic mass is 10.1. The molecule has 6 nitrogen and oxygen atoms in total. The van der Waals surface area contributed by atoms with Gasteiger partial charge in [-0.25, -0.2) is 0 Å². The van der Waals surface area contributed by atoms with Gasteiger partial charge in [-0.05, 0) is 68.0 Å². The van der Waals surface area contributed by atoms with E-state index in [1.807, 2.05) is 6.07 Å². The molecule has 0 bridgehead atoms. The van der Waals surface area contributed by atoms with Crippen molar-refractivity contribution in [2.24, 2.45) is 0 Å². The molecule has 0 fully saturated rings. The molecule has 2 N–H and O–H groups in total. The van der Waals surface area contributed by atoms with Gasteiger partial charge in [0.2, 0.25) is 0 Å². The van der Waals surface area contributed by atoms with Crippen LogP contribution in [0.5, 0.6) is 5.75 Å². The third-order valence-electron chi connectivity index (χ3n) is 4.91. The molecule has 2 aromatic carbocycles. The Bertz CT molecular complexity index is 954. The summed E-state index contributed by atoms with van der Waals surface area (Å²) in [6.07, 6.45) is 2.51. The van der Waals surface area contributed by atoms with Gasteiger partial charge in [0, 0.05) is 17.1 Å². The molecular formula is C23H26ClN3O3. The summed E-state index contributed by atoms with van der Waals surface area (Å²) in [6.45, 7) is 7.80. The van der Waals surface area contributed by atoms with E-state index in [0.29, 0.717) is 28.6 Å². The van der Waals surface area contributed by atoms with E-state index < -0.39 is 0 Å². The van der Waals surface area contributed by atoms with Crippen molar-refractivity contribution < 1.29 is 14.3 Å². The Balaban J connectivity index is 1.63. The maximum atomic E-state index is 12.4. The van der Waals surface area contributed by atoms with Gasteiger partial charge in [-0.2, -0.15) is 0 Å². The van der Waals surface area contributed by atoms with Crippen molar-refractivity contribution in [3.8, 4) is 5.75 Å². The highest BCUT2D eigenvalue weighted by Crippen LogP contribution is 2.32. The van der Waals surface area contributed by atoms with Crippen molar-refractivity contribution in [2.75, 3.05) is 31.5 Å². The number of rotatable bonds is 8. The van der Waals surface area contributed by atoms with E-state index in [-0.39, 0.29) is 17.6 Å². The zero-order valence-corrected chi connectivity index (χ0v) is 18.0. The Morgan fingerprint density at radius 3 is 2.73 bits per heavy atom. The molecule has 0 spiro atoms. The Morgan fingerprint density at radius 2 is 2.00 bits per heavy atom. The molecule has 2 aromatic rings. The standard InChI is InChI=1S/C23H26ClN3O3/c1-3-27(4-2)12-6-11-25-22(28)17-9-10-20-19(15-17)26-23(29)21(30-20)14-16-7-5-8-18(24)13-16/h5,7-10,13-15H,3-4,6,11-12H2,1-2H3,(H,25,28)(H,26,29)/b21-14+. The molecular weight excluding hydrogens is 402 g/mol. The fourth-order valence-electron chi connectivity index (χ4n) is 3.20. The number of amides is 2. The second kappa shape index (κ2) is 10.3. The largest absolute Gasteiger partial charge is 0.449 e. The van der Waals surface area contributed by atoms with Crippen molar-refractivity contribution in [2.45, 2.75) is 20.3 Å². The molecule has 0 aromatic heterocycles. The maximum absolute atomic E-state index is 12.4. The van der Waals surface area contributed by atoms with E-state index in [4.69, 9.17) is 16.3 Å². The van der Waals surface area contributed by atoms with Crippen LogP contribution in [0.2, 0.25) is 5.02 Å². The van der Waals surface area contributed by atoms with Crippen LogP contribution in [0, 0.1) is 0 Å². The highest BCUT2D eigenvalue weighted by molar-refractivity contribution is 6.30. The van der Waals surface area contributed by atoms with Crippen LogP contribution < -0.4 is 15.4 Å². The third kappa shape index (κ3) is 5.62. The van der Waals surface area contributed by atoms with Crippen LogP contribution in [0.15, 0.2) is 48.2 Å². The summed E-state index contributed by atoms with van der Waals surface area (Å²) in [5.41, 5.74) is 1.71. The number of halogens is 1. The first-order valence-corrected chi connectivity index (χ1v) is 10.5. The van der Waals surface area contributed by atoms with Crippen LogP contribution in [-0.4, -0.2) is 42.9 Å². The average Bonchev–Trinajstić information content (AvgIpc) is 2.74. The number of fused-ring (bicyclic) bond motifs is 1. The number of anilines is 1. The Labute approximate surface area is 181 Å². The van der Waals surface area contributed by atoms with Gasteiger partial charge in [0.15, 0.2) is 11.5 Å². The SMILES string of the molecule is CCN(CC)CCCNC(=O)c1ccc2c(c1)NC(=O)/C(=C\c1cccc(Cl)c1)O2. The summed E-state index contributed by atoms with van der Waals surface area (Å²) in [5.74, 6) is 0.102. The summed E-state index contributed by atoms with van der Waals surface area (Å²) in [7, 11) is 0. The monoisotopic (exact) mass is 427 g/mol. The van der Waals surface area contributed by atoms with Crippen LogP contribution >= 0.6 is 11.6 Å². The summed E-state index contributed by atoms with van der Waals surface area (Å²) in [5, 5.41) is 6.29. The molecule has 0 saturated heterocycles. The Kier molecular flexibility index (Phi) is 7.49. The second-order valence-electron chi connectivity index (χ2n) is 6.97. The Morgan fingerprint density at radius 1 is 1.20 bits per heavy atom. The first kappa shape index (κ1) is 21.9. The molecule has 0 radical (unpaired) electrons. The minimum absolute atomic E-state index is 0.165. The molecule has 1 heterocycles. The lowest BCUT2D eigenvalue weighted by Gasteiger charge is -2.21. The summed E-state index contributed by atoms with van der Waals surface area (Å²) in [6, 6.07) is 12.1. The van der Waals surface area contributed by atoms with Gasteiger partial charge in [-0.1, -0.05) is 37.6 Å². The predicted octanol–water partition coefficient (Wildman–Crippen LogP) is 4.17. The quantitative estimate of drug-likeness (QED) is 0.490. The highest BCUT2D eigenvalue weighted by Gasteiger charge is 2.23. The minimum Gasteiger partial charge on any atom is -0.449 e. The molecule has 0 unspecified atom stereocenters. The van der Waals surface area contributed by atoms with E-state index in [1.165, 1.54) is 0 Å². The summed E-state index contributed by atoms with van der Waals surface area (Å²) in [4.78, 5) is 27.2. The van der Waals surface area contributed by atoms with Crippen LogP contribution in [0.3, 0.4) is 0 Å². The zero-order valence-electron chi connectivity index (χ0n) is 17.2. The van der Waals surface area contributed by atoms with E-state index in [9.17, 15) is 9.59 Å². The smallest absolute Gasteiger partial charge is 0.291 e. The van der Waals surface area contributed by atoms with E-state index in [2.05, 4.69) is 29.4 Å². The van der Waals surface area contributed by atoms with Crippen molar-refractivity contribution in [1.29, 1.82) is 0 Å². The number of hydrogen-bond donors (Lipinski definition) is 2. The summed E-state index contributed by atoms with van der Waals surface area (Å²) >= 11 is 5.99. The molecule has 1 aliphatic heterocycles. The topological polar surface area (TPSA) is 70.7 Å². The van der Waals surface area contributed by atoms with Crippen LogP contribution in [0.25, 0.3) is 6.08 Å². The number of hydrogen-bond acceptors (Lipinski definition) is 4. The van der Waals surface area contributed by atoms with Gasteiger partial charge in [0.1, 0.15) is 0 Å². The first-order chi connectivity index (χ1) is 14.5. The number of nitrogens with one attached hydrogen (secondary N) is 2. The van der Waals surface area contributed by atoms with Gasteiger partial charge in [-0.3, -0.25) is 9.59 Å². The van der Waals surface area contributed by atoms with Crippen LogP contribution in [0.1, 0.15) is 36.2 Å². The third-order valence-corrected chi connectivity index (χ3v) is 5.15. The van der Waals surface area contributed by atoms with Gasteiger partial charge in [-0.15, -0.1) is 0 Å². The molecule has 1 aliphatic rings. The van der Waals surface area contributed by atoms with Gasteiger partial charge < -0.3 is 20.3 Å². The van der Waals surface area contributed by atoms with Crippen molar-refractivity contribution >= 4 is 35.2 Å². The highest BCUT2D eigenvalue weighted by atomic mass is 35.5. The number of carbonyl (C=O) groups is 2. The van der Waals surface area contributed by atoms with E-state index in [0.717, 1.165) is 31.6 Å². The van der Waals surface area contributed by atoms with E-state index >= 15 is 0 Å². The first-order valence-electron chi connectivity index (χ1n) is 10.1. The van der Waals surface area contributed by atoms with Crippen molar-refractivity contribution in [3.63, 3.8) is 0 Å². The van der Waals surface area contributed by atoms with Crippen molar-refractivity contribution in [3.05, 3.63) is 64.4 Å². The molecule has 0 aliphatic carbocycles. The summed E-state index contributed by atoms with van der Waals surface area (Å²) < 4.78 is 5.74. The van der Waals surface area contributed by atoms with Gasteiger partial charge in [0.25, 0.3) is 11.8 Å². The number of carbonyl (C=O) groups excluding carboxylic acids is 2. The molecule has 3 rings (SSSR count). The van der Waals surface area contributed by atoms with Gasteiger partial charge in [0.05, 0.1) is 5.69 Å². The lowest BCUT2D eigenvalue weighted by molar-refractivity contribution is -0.115. The van der Waals surface area contributed by atoms with E-state index in [1.54, 1.807) is 42.5 Å². The minimum atomic E-state index is -0.376. The lowest BCUT2D eigenvalue weighted by Crippen LogP contribution is -2.30. The van der Waals surface area contributed by atoms with Gasteiger partial charge >= 0.3 is 0 Å². The van der Waals surface area contributed by atoms with Crippen LogP contribution in [0.4, 0.5) is 5.69 Å². The Hall–Kier alpha value is -2.83. The molecule has 0 saturated carbocycles. The molecule has 7 heteroatoms.